The summed E-state index contributed by atoms with van der Waals surface area (Å²) in [5, 5.41) is 4.92. The van der Waals surface area contributed by atoms with Crippen molar-refractivity contribution in [2.75, 3.05) is 0 Å². The number of amides is 1. The first-order chi connectivity index (χ1) is 9.93. The average molecular weight is 331 g/mol. The van der Waals surface area contributed by atoms with Crippen LogP contribution in [0.1, 0.15) is 40.0 Å². The number of unbranched alkanes of at least 4 members (excludes halogenated alkanes) is 1. The lowest BCUT2D eigenvalue weighted by Crippen LogP contribution is -2.33. The van der Waals surface area contributed by atoms with Crippen molar-refractivity contribution in [2.24, 2.45) is 5.10 Å². The summed E-state index contributed by atoms with van der Waals surface area (Å²) in [6.45, 7) is 5.63. The van der Waals surface area contributed by atoms with Crippen LogP contribution in [0.4, 0.5) is 0 Å². The van der Waals surface area contributed by atoms with E-state index in [-0.39, 0.29) is 5.91 Å². The van der Waals surface area contributed by atoms with Gasteiger partial charge >= 0.3 is 0 Å². The molecule has 0 radical (unpaired) electrons. The zero-order valence-corrected chi connectivity index (χ0v) is 14.0. The fourth-order valence-corrected chi connectivity index (χ4v) is 2.00. The van der Waals surface area contributed by atoms with Gasteiger partial charge in [-0.15, -0.1) is 0 Å². The lowest BCUT2D eigenvalue weighted by molar-refractivity contribution is -0.127. The van der Waals surface area contributed by atoms with Crippen molar-refractivity contribution in [1.82, 2.24) is 5.43 Å². The van der Waals surface area contributed by atoms with E-state index in [9.17, 15) is 4.79 Å². The third-order valence-corrected chi connectivity index (χ3v) is 3.35. The van der Waals surface area contributed by atoms with Gasteiger partial charge in [-0.25, -0.2) is 5.43 Å². The monoisotopic (exact) mass is 330 g/mol. The Hall–Kier alpha value is -1.26. The van der Waals surface area contributed by atoms with Crippen LogP contribution in [0.2, 0.25) is 10.0 Å². The lowest BCUT2D eigenvalue weighted by atomic mass is 10.2. The van der Waals surface area contributed by atoms with Gasteiger partial charge in [0.25, 0.3) is 5.91 Å². The van der Waals surface area contributed by atoms with Gasteiger partial charge in [0, 0.05) is 10.7 Å². The summed E-state index contributed by atoms with van der Waals surface area (Å²) in [6, 6.07) is 4.85. The number of halogens is 2. The van der Waals surface area contributed by atoms with E-state index in [0.717, 1.165) is 25.0 Å². The molecule has 0 aliphatic carbocycles. The summed E-state index contributed by atoms with van der Waals surface area (Å²) < 4.78 is 5.50. The van der Waals surface area contributed by atoms with Gasteiger partial charge in [-0.1, -0.05) is 36.5 Å². The second kappa shape index (κ2) is 8.90. The van der Waals surface area contributed by atoms with Crippen molar-refractivity contribution in [3.05, 3.63) is 28.2 Å². The molecule has 1 aromatic rings. The van der Waals surface area contributed by atoms with Gasteiger partial charge in [0.1, 0.15) is 5.75 Å². The number of carbonyl (C=O) groups is 1. The molecule has 0 bridgehead atoms. The molecular formula is C15H20Cl2N2O2. The summed E-state index contributed by atoms with van der Waals surface area (Å²) in [4.78, 5) is 11.9. The zero-order chi connectivity index (χ0) is 15.8. The van der Waals surface area contributed by atoms with Crippen LogP contribution in [-0.2, 0) is 4.79 Å². The fourth-order valence-electron chi connectivity index (χ4n) is 1.54. The smallest absolute Gasteiger partial charge is 0.280 e. The number of hydrogen-bond acceptors (Lipinski definition) is 3. The summed E-state index contributed by atoms with van der Waals surface area (Å²) >= 11 is 11.8. The maximum atomic E-state index is 11.9. The molecule has 0 aliphatic heterocycles. The van der Waals surface area contributed by atoms with Gasteiger partial charge in [-0.3, -0.25) is 4.79 Å². The Morgan fingerprint density at radius 1 is 1.43 bits per heavy atom. The van der Waals surface area contributed by atoms with Crippen LogP contribution < -0.4 is 10.2 Å². The number of benzene rings is 1. The number of ether oxygens (including phenoxy) is 1. The molecule has 4 nitrogen and oxygen atoms in total. The summed E-state index contributed by atoms with van der Waals surface area (Å²) in [5.74, 6) is 0.0901. The maximum absolute atomic E-state index is 11.9. The predicted octanol–water partition coefficient (Wildman–Crippen LogP) is 4.44. The number of nitrogens with zero attached hydrogens (tertiary/aromatic N) is 1. The Kier molecular flexibility index (Phi) is 7.54. The first kappa shape index (κ1) is 17.8. The minimum atomic E-state index is -0.702. The second-order valence-corrected chi connectivity index (χ2v) is 5.61. The van der Waals surface area contributed by atoms with Crippen molar-refractivity contribution < 1.29 is 9.53 Å². The molecule has 0 aromatic heterocycles. The molecule has 0 heterocycles. The second-order valence-electron chi connectivity index (χ2n) is 4.76. The van der Waals surface area contributed by atoms with Crippen LogP contribution in [0, 0.1) is 0 Å². The molecule has 0 fully saturated rings. The molecule has 0 saturated carbocycles. The average Bonchev–Trinajstić information content (AvgIpc) is 2.45. The van der Waals surface area contributed by atoms with E-state index in [0.29, 0.717) is 15.8 Å². The molecule has 1 atom stereocenters. The summed E-state index contributed by atoms with van der Waals surface area (Å²) in [7, 11) is 0. The first-order valence-electron chi connectivity index (χ1n) is 6.88. The van der Waals surface area contributed by atoms with Gasteiger partial charge in [0.05, 0.1) is 5.02 Å². The number of hydrogen-bond donors (Lipinski definition) is 1. The van der Waals surface area contributed by atoms with Crippen LogP contribution in [0.25, 0.3) is 0 Å². The Balaban J connectivity index is 2.54. The summed E-state index contributed by atoms with van der Waals surface area (Å²) in [5.41, 5.74) is 3.39. The van der Waals surface area contributed by atoms with E-state index in [1.165, 1.54) is 0 Å². The van der Waals surface area contributed by atoms with Gasteiger partial charge in [0.15, 0.2) is 6.10 Å². The number of carbonyl (C=O) groups excluding carboxylic acids is 1. The molecule has 1 unspecified atom stereocenters. The van der Waals surface area contributed by atoms with Crippen LogP contribution in [0.3, 0.4) is 0 Å². The zero-order valence-electron chi connectivity index (χ0n) is 12.5. The third kappa shape index (κ3) is 6.36. The Morgan fingerprint density at radius 2 is 2.14 bits per heavy atom. The molecule has 6 heteroatoms. The van der Waals surface area contributed by atoms with Crippen LogP contribution in [0.5, 0.6) is 5.75 Å². The van der Waals surface area contributed by atoms with Crippen molar-refractivity contribution in [3.8, 4) is 5.75 Å². The molecule has 1 rings (SSSR count). The van der Waals surface area contributed by atoms with E-state index in [1.807, 2.05) is 6.92 Å². The normalized spacial score (nSPS) is 12.9. The Bertz CT molecular complexity index is 518. The van der Waals surface area contributed by atoms with Crippen LogP contribution in [-0.4, -0.2) is 17.7 Å². The number of rotatable bonds is 7. The van der Waals surface area contributed by atoms with E-state index in [1.54, 1.807) is 25.1 Å². The van der Waals surface area contributed by atoms with Gasteiger partial charge in [-0.2, -0.15) is 5.10 Å². The Morgan fingerprint density at radius 3 is 2.76 bits per heavy atom. The highest BCUT2D eigenvalue weighted by atomic mass is 35.5. The maximum Gasteiger partial charge on any atom is 0.280 e. The van der Waals surface area contributed by atoms with E-state index < -0.39 is 6.10 Å². The molecule has 1 amide bonds. The van der Waals surface area contributed by atoms with E-state index >= 15 is 0 Å². The minimum absolute atomic E-state index is 0.322. The largest absolute Gasteiger partial charge is 0.479 e. The number of hydrazone groups is 1. The van der Waals surface area contributed by atoms with Gasteiger partial charge < -0.3 is 4.74 Å². The highest BCUT2D eigenvalue weighted by molar-refractivity contribution is 6.35. The topological polar surface area (TPSA) is 50.7 Å². The predicted molar refractivity (Wildman–Crippen MR) is 87.3 cm³/mol. The van der Waals surface area contributed by atoms with E-state index in [2.05, 4.69) is 17.5 Å². The quantitative estimate of drug-likeness (QED) is 0.593. The van der Waals surface area contributed by atoms with Gasteiger partial charge in [0.2, 0.25) is 0 Å². The fraction of sp³-hybridized carbons (Fsp3) is 0.467. The van der Waals surface area contributed by atoms with Crippen molar-refractivity contribution >= 4 is 34.8 Å². The molecule has 21 heavy (non-hydrogen) atoms. The highest BCUT2D eigenvalue weighted by Gasteiger charge is 2.15. The van der Waals surface area contributed by atoms with Crippen LogP contribution in [0.15, 0.2) is 23.3 Å². The molecule has 1 aromatic carbocycles. The molecule has 0 spiro atoms. The summed E-state index contributed by atoms with van der Waals surface area (Å²) in [6.07, 6.45) is 2.31. The molecule has 0 aliphatic rings. The van der Waals surface area contributed by atoms with E-state index in [4.69, 9.17) is 27.9 Å². The SMILES string of the molecule is CCCC/C(C)=N/NC(=O)C(C)Oc1ccc(Cl)cc1Cl. The Labute approximate surface area is 135 Å². The lowest BCUT2D eigenvalue weighted by Gasteiger charge is -2.14. The molecule has 0 saturated heterocycles. The molecule has 116 valence electrons. The molecular weight excluding hydrogens is 311 g/mol. The van der Waals surface area contributed by atoms with Crippen molar-refractivity contribution in [2.45, 2.75) is 46.1 Å². The third-order valence-electron chi connectivity index (χ3n) is 2.82. The van der Waals surface area contributed by atoms with Crippen LogP contribution >= 0.6 is 23.2 Å². The van der Waals surface area contributed by atoms with Crippen molar-refractivity contribution in [3.63, 3.8) is 0 Å². The number of nitrogens with one attached hydrogen (secondary N) is 1. The van der Waals surface area contributed by atoms with Gasteiger partial charge in [-0.05, 0) is 44.9 Å². The highest BCUT2D eigenvalue weighted by Crippen LogP contribution is 2.28. The van der Waals surface area contributed by atoms with Crippen molar-refractivity contribution in [1.29, 1.82) is 0 Å². The standard InChI is InChI=1S/C15H20Cl2N2O2/c1-4-5-6-10(2)18-19-15(20)11(3)21-14-8-7-12(16)9-13(14)17/h7-9,11H,4-6H2,1-3H3,(H,19,20)/b18-10+. The first-order valence-corrected chi connectivity index (χ1v) is 7.64. The minimum Gasteiger partial charge on any atom is -0.479 e. The molecule has 1 N–H and O–H groups in total.